The van der Waals surface area contributed by atoms with E-state index in [2.05, 4.69) is 70.0 Å². The van der Waals surface area contributed by atoms with E-state index in [9.17, 15) is 0 Å². The van der Waals surface area contributed by atoms with Crippen LogP contribution in [-0.2, 0) is 5.41 Å². The summed E-state index contributed by atoms with van der Waals surface area (Å²) in [7, 11) is 0. The van der Waals surface area contributed by atoms with Crippen LogP contribution in [0.1, 0.15) is 25.0 Å². The quantitative estimate of drug-likeness (QED) is 0.244. The van der Waals surface area contributed by atoms with Crippen molar-refractivity contribution in [2.24, 2.45) is 0 Å². The Bertz CT molecular complexity index is 1040. The van der Waals surface area contributed by atoms with Crippen LogP contribution in [0.15, 0.2) is 106 Å². The highest BCUT2D eigenvalue weighted by Crippen LogP contribution is 2.35. The molecule has 0 aliphatic carbocycles. The van der Waals surface area contributed by atoms with Gasteiger partial charge in [0.05, 0.1) is 0 Å². The molecule has 0 aliphatic heterocycles. The number of ether oxygens (including phenoxy) is 2. The lowest BCUT2D eigenvalue weighted by Gasteiger charge is -2.26. The largest absolute Gasteiger partial charge is 0.457 e. The van der Waals surface area contributed by atoms with Gasteiger partial charge in [0.2, 0.25) is 0 Å². The normalized spacial score (nSPS) is 11.2. The van der Waals surface area contributed by atoms with Gasteiger partial charge in [-0.2, -0.15) is 0 Å². The van der Waals surface area contributed by atoms with Crippen LogP contribution in [0.5, 0.6) is 23.0 Å². The van der Waals surface area contributed by atoms with Gasteiger partial charge in [-0.15, -0.1) is 0 Å². The van der Waals surface area contributed by atoms with Crippen LogP contribution < -0.4 is 9.47 Å². The minimum Gasteiger partial charge on any atom is -0.457 e. The lowest BCUT2D eigenvalue weighted by molar-refractivity contribution is 0.481. The van der Waals surface area contributed by atoms with E-state index in [4.69, 9.17) is 9.47 Å². The summed E-state index contributed by atoms with van der Waals surface area (Å²) >= 11 is 6.89. The van der Waals surface area contributed by atoms with E-state index < -0.39 is 0 Å². The van der Waals surface area contributed by atoms with Gasteiger partial charge >= 0.3 is 0 Å². The molecule has 0 bridgehead atoms. The first-order valence-corrected chi connectivity index (χ1v) is 11.6. The van der Waals surface area contributed by atoms with E-state index in [-0.39, 0.29) is 5.41 Å². The van der Waals surface area contributed by atoms with Crippen LogP contribution in [-0.4, -0.2) is 0 Å². The molecule has 0 aliphatic rings. The zero-order chi connectivity index (χ0) is 21.8. The van der Waals surface area contributed by atoms with Gasteiger partial charge in [0, 0.05) is 14.4 Å². The molecule has 2 nitrogen and oxygen atoms in total. The summed E-state index contributed by atoms with van der Waals surface area (Å²) in [6.45, 7) is 4.45. The van der Waals surface area contributed by atoms with E-state index in [1.807, 2.05) is 72.8 Å². The van der Waals surface area contributed by atoms with Crippen LogP contribution >= 0.6 is 31.9 Å². The highest BCUT2D eigenvalue weighted by atomic mass is 79.9. The maximum Gasteiger partial charge on any atom is 0.127 e. The SMILES string of the molecule is CC(C)(c1ccc(Oc2ccc(Br)cc2)cc1)c1ccc(Oc2ccc(Br)cc2)cc1. The highest BCUT2D eigenvalue weighted by Gasteiger charge is 2.23. The number of hydrogen-bond donors (Lipinski definition) is 0. The number of rotatable bonds is 6. The van der Waals surface area contributed by atoms with Gasteiger partial charge in [0.15, 0.2) is 0 Å². The molecule has 0 spiro atoms. The molecule has 0 radical (unpaired) electrons. The molecule has 0 fully saturated rings. The summed E-state index contributed by atoms with van der Waals surface area (Å²) in [5.74, 6) is 3.27. The minimum absolute atomic E-state index is 0.147. The first-order valence-electron chi connectivity index (χ1n) is 9.98. The van der Waals surface area contributed by atoms with Crippen molar-refractivity contribution in [3.05, 3.63) is 117 Å². The molecule has 0 N–H and O–H groups in total. The van der Waals surface area contributed by atoms with Gasteiger partial charge in [-0.25, -0.2) is 0 Å². The Labute approximate surface area is 200 Å². The summed E-state index contributed by atoms with van der Waals surface area (Å²) in [6.07, 6.45) is 0. The molecular weight excluding hydrogens is 516 g/mol. The highest BCUT2D eigenvalue weighted by molar-refractivity contribution is 9.10. The predicted molar refractivity (Wildman–Crippen MR) is 133 cm³/mol. The third kappa shape index (κ3) is 5.38. The topological polar surface area (TPSA) is 18.5 Å². The number of hydrogen-bond acceptors (Lipinski definition) is 2. The van der Waals surface area contributed by atoms with Crippen LogP contribution in [0.3, 0.4) is 0 Å². The third-order valence-corrected chi connectivity index (χ3v) is 6.31. The van der Waals surface area contributed by atoms with Crippen molar-refractivity contribution in [3.63, 3.8) is 0 Å². The molecule has 31 heavy (non-hydrogen) atoms. The van der Waals surface area contributed by atoms with E-state index >= 15 is 0 Å². The Balaban J connectivity index is 1.46. The summed E-state index contributed by atoms with van der Waals surface area (Å²) < 4.78 is 14.0. The lowest BCUT2D eigenvalue weighted by atomic mass is 9.78. The Morgan fingerprint density at radius 2 is 0.710 bits per heavy atom. The molecule has 0 atom stereocenters. The van der Waals surface area contributed by atoms with Crippen molar-refractivity contribution in [1.82, 2.24) is 0 Å². The standard InChI is InChI=1S/C27H22Br2O2/c1-27(2,19-3-11-23(12-4-19)30-25-15-7-21(28)8-16-25)20-5-13-24(14-6-20)31-26-17-9-22(29)10-18-26/h3-18H,1-2H3. The van der Waals surface area contributed by atoms with Gasteiger partial charge in [-0.1, -0.05) is 70.0 Å². The second kappa shape index (κ2) is 9.29. The van der Waals surface area contributed by atoms with Crippen molar-refractivity contribution >= 4 is 31.9 Å². The Morgan fingerprint density at radius 3 is 1.00 bits per heavy atom. The molecule has 4 rings (SSSR count). The van der Waals surface area contributed by atoms with Gasteiger partial charge in [-0.3, -0.25) is 0 Å². The van der Waals surface area contributed by atoms with Gasteiger partial charge in [-0.05, 0) is 83.9 Å². The van der Waals surface area contributed by atoms with Gasteiger partial charge in [0.25, 0.3) is 0 Å². The van der Waals surface area contributed by atoms with Crippen molar-refractivity contribution in [2.45, 2.75) is 19.3 Å². The van der Waals surface area contributed by atoms with E-state index in [0.29, 0.717) is 0 Å². The fourth-order valence-electron chi connectivity index (χ4n) is 3.32. The molecule has 0 saturated carbocycles. The number of benzene rings is 4. The zero-order valence-electron chi connectivity index (χ0n) is 17.3. The fourth-order valence-corrected chi connectivity index (χ4v) is 3.85. The second-order valence-electron chi connectivity index (χ2n) is 7.79. The fraction of sp³-hybridized carbons (Fsp3) is 0.111. The van der Waals surface area contributed by atoms with Crippen LogP contribution in [0.4, 0.5) is 0 Å². The first-order chi connectivity index (χ1) is 14.9. The van der Waals surface area contributed by atoms with Crippen molar-refractivity contribution < 1.29 is 9.47 Å². The van der Waals surface area contributed by atoms with Crippen molar-refractivity contribution in [1.29, 1.82) is 0 Å². The van der Waals surface area contributed by atoms with Gasteiger partial charge < -0.3 is 9.47 Å². The monoisotopic (exact) mass is 536 g/mol. The zero-order valence-corrected chi connectivity index (χ0v) is 20.5. The second-order valence-corrected chi connectivity index (χ2v) is 9.62. The average molecular weight is 538 g/mol. The van der Waals surface area contributed by atoms with Crippen LogP contribution in [0, 0.1) is 0 Å². The van der Waals surface area contributed by atoms with Crippen LogP contribution in [0.2, 0.25) is 0 Å². The summed E-state index contributed by atoms with van der Waals surface area (Å²) in [6, 6.07) is 32.2. The molecule has 0 heterocycles. The van der Waals surface area contributed by atoms with Gasteiger partial charge in [0.1, 0.15) is 23.0 Å². The van der Waals surface area contributed by atoms with Crippen LogP contribution in [0.25, 0.3) is 0 Å². The predicted octanol–water partition coefficient (Wildman–Crippen LogP) is 9.12. The van der Waals surface area contributed by atoms with Crippen molar-refractivity contribution in [2.75, 3.05) is 0 Å². The smallest absolute Gasteiger partial charge is 0.127 e. The van der Waals surface area contributed by atoms with Crippen molar-refractivity contribution in [3.8, 4) is 23.0 Å². The van der Waals surface area contributed by atoms with E-state index in [1.54, 1.807) is 0 Å². The maximum absolute atomic E-state index is 5.95. The number of halogens is 2. The summed E-state index contributed by atoms with van der Waals surface area (Å²) in [4.78, 5) is 0. The molecule has 4 aromatic carbocycles. The summed E-state index contributed by atoms with van der Waals surface area (Å²) in [5, 5.41) is 0. The maximum atomic E-state index is 5.95. The lowest BCUT2D eigenvalue weighted by Crippen LogP contribution is -2.18. The molecular formula is C27H22Br2O2. The Kier molecular flexibility index (Phi) is 6.49. The Morgan fingerprint density at radius 1 is 0.452 bits per heavy atom. The summed E-state index contributed by atoms with van der Waals surface area (Å²) in [5.41, 5.74) is 2.29. The molecule has 156 valence electrons. The average Bonchev–Trinajstić information content (AvgIpc) is 2.78. The molecule has 0 aromatic heterocycles. The van der Waals surface area contributed by atoms with E-state index in [0.717, 1.165) is 31.9 Å². The van der Waals surface area contributed by atoms with E-state index in [1.165, 1.54) is 11.1 Å². The molecule has 4 aromatic rings. The molecule has 0 amide bonds. The molecule has 4 heteroatoms. The minimum atomic E-state index is -0.147. The molecule has 0 unspecified atom stereocenters. The third-order valence-electron chi connectivity index (χ3n) is 5.25. The first kappa shape index (κ1) is 21.7. The Hall–Kier alpha value is -2.56. The molecule has 0 saturated heterocycles.